The zero-order valence-electron chi connectivity index (χ0n) is 9.02. The monoisotopic (exact) mass is 231 g/mol. The largest absolute Gasteiger partial charge is 0.481 e. The molecule has 92 valence electrons. The maximum atomic E-state index is 11.4. The minimum Gasteiger partial charge on any atom is -0.481 e. The summed E-state index contributed by atoms with van der Waals surface area (Å²) >= 11 is 0. The molecule has 0 unspecified atom stereocenters. The van der Waals surface area contributed by atoms with Gasteiger partial charge in [0.05, 0.1) is 25.0 Å². The van der Waals surface area contributed by atoms with Crippen LogP contribution in [0.15, 0.2) is 0 Å². The van der Waals surface area contributed by atoms with Crippen LogP contribution in [0.4, 0.5) is 0 Å². The fourth-order valence-corrected chi connectivity index (χ4v) is 1.44. The molecule has 1 fully saturated rings. The van der Waals surface area contributed by atoms with Gasteiger partial charge in [-0.05, 0) is 12.8 Å². The summed E-state index contributed by atoms with van der Waals surface area (Å²) in [6, 6.07) is 0. The summed E-state index contributed by atoms with van der Waals surface area (Å²) in [6.45, 7) is 1.26. The first-order chi connectivity index (χ1) is 7.66. The molecule has 1 aliphatic rings. The number of carbonyl (C=O) groups is 2. The lowest BCUT2D eigenvalue weighted by Gasteiger charge is -2.04. The van der Waals surface area contributed by atoms with E-state index in [1.54, 1.807) is 0 Å². The van der Waals surface area contributed by atoms with Crippen LogP contribution in [0, 0.1) is 11.8 Å². The number of amides is 1. The Morgan fingerprint density at radius 1 is 1.31 bits per heavy atom. The quantitative estimate of drug-likeness (QED) is 0.476. The number of hydrogen-bond acceptors (Lipinski definition) is 4. The van der Waals surface area contributed by atoms with E-state index in [1.165, 1.54) is 0 Å². The minimum absolute atomic E-state index is 0.00523. The van der Waals surface area contributed by atoms with Crippen LogP contribution in [0.5, 0.6) is 0 Å². The van der Waals surface area contributed by atoms with Gasteiger partial charge in [0.2, 0.25) is 5.91 Å². The second-order valence-corrected chi connectivity index (χ2v) is 3.77. The zero-order chi connectivity index (χ0) is 12.0. The van der Waals surface area contributed by atoms with Crippen molar-refractivity contribution in [3.8, 4) is 0 Å². The number of ether oxygens (including phenoxy) is 1. The lowest BCUT2D eigenvalue weighted by atomic mass is 10.3. The molecule has 0 radical (unpaired) electrons. The average Bonchev–Trinajstić information content (AvgIpc) is 3.02. The Balaban J connectivity index is 1.98. The van der Waals surface area contributed by atoms with Crippen LogP contribution in [0.3, 0.4) is 0 Å². The Morgan fingerprint density at radius 2 is 2.06 bits per heavy atom. The van der Waals surface area contributed by atoms with Gasteiger partial charge in [0, 0.05) is 13.2 Å². The summed E-state index contributed by atoms with van der Waals surface area (Å²) in [6.07, 6.45) is 1.11. The highest BCUT2D eigenvalue weighted by atomic mass is 16.5. The molecule has 6 nitrogen and oxygen atoms in total. The van der Waals surface area contributed by atoms with Crippen LogP contribution in [0.25, 0.3) is 0 Å². The zero-order valence-corrected chi connectivity index (χ0v) is 9.02. The smallest absolute Gasteiger partial charge is 0.307 e. The van der Waals surface area contributed by atoms with Gasteiger partial charge in [0.25, 0.3) is 0 Å². The van der Waals surface area contributed by atoms with E-state index >= 15 is 0 Å². The maximum Gasteiger partial charge on any atom is 0.307 e. The normalized spacial score (nSPS) is 22.8. The van der Waals surface area contributed by atoms with E-state index in [1.807, 2.05) is 0 Å². The molecule has 1 amide bonds. The summed E-state index contributed by atoms with van der Waals surface area (Å²) in [5.41, 5.74) is 0. The van der Waals surface area contributed by atoms with Crippen LogP contribution in [0.1, 0.15) is 12.8 Å². The number of nitrogens with one attached hydrogen (secondary N) is 1. The van der Waals surface area contributed by atoms with Gasteiger partial charge >= 0.3 is 5.97 Å². The van der Waals surface area contributed by atoms with Crippen molar-refractivity contribution in [3.05, 3.63) is 0 Å². The van der Waals surface area contributed by atoms with Gasteiger partial charge in [-0.25, -0.2) is 0 Å². The Kier molecular flexibility index (Phi) is 5.21. The van der Waals surface area contributed by atoms with Crippen LogP contribution >= 0.6 is 0 Å². The highest BCUT2D eigenvalue weighted by Gasteiger charge is 2.48. The van der Waals surface area contributed by atoms with Gasteiger partial charge in [-0.15, -0.1) is 0 Å². The standard InChI is InChI=1S/C10H17NO5/c12-3-5-16-4-1-2-11-9(13)7-6-8(7)10(14)15/h7-8,12H,1-6H2,(H,11,13)(H,14,15)/t7-,8+/m1/s1. The van der Waals surface area contributed by atoms with Crippen LogP contribution in [-0.4, -0.2) is 48.5 Å². The van der Waals surface area contributed by atoms with E-state index < -0.39 is 11.9 Å². The molecule has 1 saturated carbocycles. The van der Waals surface area contributed by atoms with Crippen molar-refractivity contribution in [2.24, 2.45) is 11.8 Å². The van der Waals surface area contributed by atoms with Crippen molar-refractivity contribution >= 4 is 11.9 Å². The number of carboxylic acid groups (broad SMARTS) is 1. The third kappa shape index (κ3) is 4.16. The van der Waals surface area contributed by atoms with Gasteiger partial charge in [-0.1, -0.05) is 0 Å². The van der Waals surface area contributed by atoms with Crippen molar-refractivity contribution in [2.75, 3.05) is 26.4 Å². The predicted molar refractivity (Wildman–Crippen MR) is 54.8 cm³/mol. The highest BCUT2D eigenvalue weighted by Crippen LogP contribution is 2.38. The molecular formula is C10H17NO5. The average molecular weight is 231 g/mol. The minimum atomic E-state index is -0.897. The van der Waals surface area contributed by atoms with E-state index in [0.29, 0.717) is 32.6 Å². The number of aliphatic hydroxyl groups is 1. The Morgan fingerprint density at radius 3 is 2.62 bits per heavy atom. The van der Waals surface area contributed by atoms with Gasteiger partial charge < -0.3 is 20.3 Å². The summed E-state index contributed by atoms with van der Waals surface area (Å²) < 4.78 is 5.00. The second-order valence-electron chi connectivity index (χ2n) is 3.77. The van der Waals surface area contributed by atoms with Crippen molar-refractivity contribution < 1.29 is 24.5 Å². The SMILES string of the molecule is O=C(O)[C@H]1C[C@H]1C(=O)NCCCOCCO. The first kappa shape index (κ1) is 12.9. The first-order valence-electron chi connectivity index (χ1n) is 5.36. The molecule has 2 atom stereocenters. The molecule has 0 aromatic rings. The topological polar surface area (TPSA) is 95.9 Å². The number of aliphatic hydroxyl groups excluding tert-OH is 1. The van der Waals surface area contributed by atoms with Crippen molar-refractivity contribution in [3.63, 3.8) is 0 Å². The molecule has 16 heavy (non-hydrogen) atoms. The summed E-state index contributed by atoms with van der Waals surface area (Å²) in [4.78, 5) is 21.9. The molecule has 1 rings (SSSR count). The van der Waals surface area contributed by atoms with E-state index in [-0.39, 0.29) is 18.4 Å². The number of carboxylic acids is 1. The molecule has 6 heteroatoms. The molecule has 0 aliphatic heterocycles. The third-order valence-electron chi connectivity index (χ3n) is 2.44. The molecule has 0 saturated heterocycles. The molecule has 1 aliphatic carbocycles. The van der Waals surface area contributed by atoms with E-state index in [2.05, 4.69) is 5.32 Å². The van der Waals surface area contributed by atoms with Crippen molar-refractivity contribution in [1.82, 2.24) is 5.32 Å². The van der Waals surface area contributed by atoms with Crippen LogP contribution in [-0.2, 0) is 14.3 Å². The Hall–Kier alpha value is -1.14. The van der Waals surface area contributed by atoms with E-state index in [0.717, 1.165) is 0 Å². The molecule has 0 bridgehead atoms. The number of aliphatic carboxylic acids is 1. The molecule has 0 aromatic carbocycles. The summed E-state index contributed by atoms with van der Waals surface area (Å²) in [5.74, 6) is -1.93. The predicted octanol–water partition coefficient (Wildman–Crippen LogP) is -0.778. The number of hydrogen-bond donors (Lipinski definition) is 3. The van der Waals surface area contributed by atoms with Crippen molar-refractivity contribution in [2.45, 2.75) is 12.8 Å². The molecule has 3 N–H and O–H groups in total. The fraction of sp³-hybridized carbons (Fsp3) is 0.800. The van der Waals surface area contributed by atoms with E-state index in [9.17, 15) is 9.59 Å². The van der Waals surface area contributed by atoms with Crippen LogP contribution in [0.2, 0.25) is 0 Å². The lowest BCUT2D eigenvalue weighted by molar-refractivity contribution is -0.140. The highest BCUT2D eigenvalue weighted by molar-refractivity contribution is 5.89. The third-order valence-corrected chi connectivity index (χ3v) is 2.44. The maximum absolute atomic E-state index is 11.4. The lowest BCUT2D eigenvalue weighted by Crippen LogP contribution is -2.28. The summed E-state index contributed by atoms with van der Waals surface area (Å²) in [7, 11) is 0. The number of rotatable bonds is 8. The Labute approximate surface area is 93.6 Å². The first-order valence-corrected chi connectivity index (χ1v) is 5.36. The van der Waals surface area contributed by atoms with Crippen molar-refractivity contribution in [1.29, 1.82) is 0 Å². The van der Waals surface area contributed by atoms with Gasteiger partial charge in [0.15, 0.2) is 0 Å². The molecular weight excluding hydrogens is 214 g/mol. The summed E-state index contributed by atoms with van der Waals surface area (Å²) in [5, 5.41) is 19.7. The fourth-order valence-electron chi connectivity index (χ4n) is 1.44. The van der Waals surface area contributed by atoms with Gasteiger partial charge in [-0.2, -0.15) is 0 Å². The second kappa shape index (κ2) is 6.44. The van der Waals surface area contributed by atoms with Gasteiger partial charge in [0.1, 0.15) is 0 Å². The number of carbonyl (C=O) groups excluding carboxylic acids is 1. The molecule has 0 aromatic heterocycles. The molecule has 0 spiro atoms. The van der Waals surface area contributed by atoms with Gasteiger partial charge in [-0.3, -0.25) is 9.59 Å². The van der Waals surface area contributed by atoms with Crippen LogP contribution < -0.4 is 5.32 Å². The molecule has 0 heterocycles. The Bertz CT molecular complexity index is 256. The van der Waals surface area contributed by atoms with E-state index in [4.69, 9.17) is 14.9 Å².